The molecule has 6 nitrogen and oxygen atoms in total. The molecule has 3 rings (SSSR count). The zero-order chi connectivity index (χ0) is 14.8. The number of nitrogens with zero attached hydrogens (tertiary/aromatic N) is 2. The van der Waals surface area contributed by atoms with Crippen molar-refractivity contribution in [3.8, 4) is 0 Å². The van der Waals surface area contributed by atoms with Crippen molar-refractivity contribution in [1.82, 2.24) is 15.1 Å². The van der Waals surface area contributed by atoms with Gasteiger partial charge < -0.3 is 15.4 Å². The Hall–Kier alpha value is -1.86. The minimum Gasteiger partial charge on any atom is -0.371 e. The molecule has 0 unspecified atom stereocenters. The van der Waals surface area contributed by atoms with Gasteiger partial charge in [-0.3, -0.25) is 4.68 Å². The number of carbonyl (C=O) groups is 1. The Morgan fingerprint density at radius 1 is 1.52 bits per heavy atom. The molecular formula is C14H18N4O2S. The van der Waals surface area contributed by atoms with E-state index in [0.717, 1.165) is 23.2 Å². The first-order valence-electron chi connectivity index (χ1n) is 6.84. The van der Waals surface area contributed by atoms with E-state index in [0.29, 0.717) is 6.61 Å². The van der Waals surface area contributed by atoms with Gasteiger partial charge in [-0.05, 0) is 24.3 Å². The van der Waals surface area contributed by atoms with Crippen molar-refractivity contribution >= 4 is 23.1 Å². The molecule has 0 radical (unpaired) electrons. The zero-order valence-corrected chi connectivity index (χ0v) is 12.8. The average molecular weight is 306 g/mol. The molecule has 2 aromatic rings. The maximum Gasteiger partial charge on any atom is 0.319 e. The molecule has 3 heterocycles. The first kappa shape index (κ1) is 14.1. The number of hydrogen-bond acceptors (Lipinski definition) is 4. The standard InChI is InChI=1S/C14H18N4O2S/c1-9-7-21-8-12(9)17-14(19)16-11-3-4-20-13(11)10-5-15-18(2)6-10/h5-8,11,13H,3-4H2,1-2H3,(H2,16,17,19)/t11-,13+/m0/s1. The van der Waals surface area contributed by atoms with E-state index >= 15 is 0 Å². The Morgan fingerprint density at radius 2 is 2.38 bits per heavy atom. The number of carbonyl (C=O) groups excluding carboxylic acids is 1. The highest BCUT2D eigenvalue weighted by molar-refractivity contribution is 7.08. The van der Waals surface area contributed by atoms with Gasteiger partial charge in [-0.25, -0.2) is 4.79 Å². The molecule has 0 bridgehead atoms. The first-order chi connectivity index (χ1) is 10.1. The topological polar surface area (TPSA) is 68.2 Å². The van der Waals surface area contributed by atoms with Crippen molar-refractivity contribution in [3.63, 3.8) is 0 Å². The van der Waals surface area contributed by atoms with Crippen molar-refractivity contribution < 1.29 is 9.53 Å². The van der Waals surface area contributed by atoms with Crippen molar-refractivity contribution in [1.29, 1.82) is 0 Å². The van der Waals surface area contributed by atoms with E-state index in [-0.39, 0.29) is 18.2 Å². The van der Waals surface area contributed by atoms with Gasteiger partial charge in [0.25, 0.3) is 0 Å². The largest absolute Gasteiger partial charge is 0.371 e. The molecule has 112 valence electrons. The average Bonchev–Trinajstić information content (AvgIpc) is 3.13. The van der Waals surface area contributed by atoms with E-state index in [4.69, 9.17) is 4.74 Å². The zero-order valence-electron chi connectivity index (χ0n) is 12.0. The fourth-order valence-electron chi connectivity index (χ4n) is 2.47. The molecule has 2 atom stereocenters. The van der Waals surface area contributed by atoms with Crippen LogP contribution in [0.5, 0.6) is 0 Å². The predicted octanol–water partition coefficient (Wildman–Crippen LogP) is 2.44. The fourth-order valence-corrected chi connectivity index (χ4v) is 3.25. The Bertz CT molecular complexity index is 636. The number of nitrogens with one attached hydrogen (secondary N) is 2. The quantitative estimate of drug-likeness (QED) is 0.915. The maximum absolute atomic E-state index is 12.1. The van der Waals surface area contributed by atoms with Crippen LogP contribution < -0.4 is 10.6 Å². The smallest absolute Gasteiger partial charge is 0.319 e. The Balaban J connectivity index is 1.63. The third kappa shape index (κ3) is 3.08. The third-order valence-corrected chi connectivity index (χ3v) is 4.43. The molecule has 2 aromatic heterocycles. The van der Waals surface area contributed by atoms with Crippen LogP contribution in [0.1, 0.15) is 23.7 Å². The van der Waals surface area contributed by atoms with E-state index in [1.54, 1.807) is 22.2 Å². The summed E-state index contributed by atoms with van der Waals surface area (Å²) >= 11 is 1.57. The van der Waals surface area contributed by atoms with E-state index in [2.05, 4.69) is 15.7 Å². The van der Waals surface area contributed by atoms with Crippen molar-refractivity contribution in [2.24, 2.45) is 7.05 Å². The van der Waals surface area contributed by atoms with Crippen molar-refractivity contribution in [2.45, 2.75) is 25.5 Å². The molecule has 1 saturated heterocycles. The van der Waals surface area contributed by atoms with Gasteiger partial charge in [-0.1, -0.05) is 0 Å². The van der Waals surface area contributed by atoms with Gasteiger partial charge >= 0.3 is 6.03 Å². The highest BCUT2D eigenvalue weighted by atomic mass is 32.1. The molecule has 0 saturated carbocycles. The van der Waals surface area contributed by atoms with Gasteiger partial charge in [-0.2, -0.15) is 5.10 Å². The SMILES string of the molecule is Cc1cscc1NC(=O)N[C@H]1CCO[C@@H]1c1cnn(C)c1. The number of rotatable bonds is 3. The highest BCUT2D eigenvalue weighted by Crippen LogP contribution is 2.29. The summed E-state index contributed by atoms with van der Waals surface area (Å²) in [5, 5.41) is 14.0. The molecule has 0 aliphatic carbocycles. The van der Waals surface area contributed by atoms with Crippen molar-refractivity contribution in [2.75, 3.05) is 11.9 Å². The molecule has 1 aliphatic rings. The van der Waals surface area contributed by atoms with E-state index in [1.165, 1.54) is 0 Å². The second kappa shape index (κ2) is 5.87. The minimum absolute atomic E-state index is 0.0341. The van der Waals surface area contributed by atoms with E-state index in [1.807, 2.05) is 30.9 Å². The van der Waals surface area contributed by atoms with Crippen LogP contribution in [-0.4, -0.2) is 28.5 Å². The van der Waals surface area contributed by atoms with Gasteiger partial charge in [0, 0.05) is 30.8 Å². The van der Waals surface area contributed by atoms with Crippen LogP contribution in [0.2, 0.25) is 0 Å². The second-order valence-corrected chi connectivity index (χ2v) is 5.94. The lowest BCUT2D eigenvalue weighted by molar-refractivity contribution is 0.100. The van der Waals surface area contributed by atoms with Gasteiger partial charge in [0.05, 0.1) is 17.9 Å². The monoisotopic (exact) mass is 306 g/mol. The van der Waals surface area contributed by atoms with Crippen LogP contribution in [0.3, 0.4) is 0 Å². The summed E-state index contributed by atoms with van der Waals surface area (Å²) in [6, 6.07) is -0.228. The molecule has 21 heavy (non-hydrogen) atoms. The summed E-state index contributed by atoms with van der Waals surface area (Å²) < 4.78 is 7.47. The van der Waals surface area contributed by atoms with Crippen LogP contribution in [0, 0.1) is 6.92 Å². The number of amides is 2. The number of aryl methyl sites for hydroxylation is 2. The molecule has 1 fully saturated rings. The van der Waals surface area contributed by atoms with Crippen LogP contribution in [0.25, 0.3) is 0 Å². The van der Waals surface area contributed by atoms with Gasteiger partial charge in [0.15, 0.2) is 0 Å². The molecule has 0 spiro atoms. The number of anilines is 1. The fraction of sp³-hybridized carbons (Fsp3) is 0.429. The number of urea groups is 1. The first-order valence-corrected chi connectivity index (χ1v) is 7.78. The molecule has 2 amide bonds. The normalized spacial score (nSPS) is 21.4. The Kier molecular flexibility index (Phi) is 3.94. The van der Waals surface area contributed by atoms with Gasteiger partial charge in [0.2, 0.25) is 0 Å². The number of aromatic nitrogens is 2. The molecule has 0 aromatic carbocycles. The predicted molar refractivity (Wildman–Crippen MR) is 81.5 cm³/mol. The Morgan fingerprint density at radius 3 is 3.05 bits per heavy atom. The van der Waals surface area contributed by atoms with Crippen molar-refractivity contribution in [3.05, 3.63) is 34.3 Å². The second-order valence-electron chi connectivity index (χ2n) is 5.20. The number of thiophene rings is 1. The third-order valence-electron chi connectivity index (χ3n) is 3.57. The summed E-state index contributed by atoms with van der Waals surface area (Å²) in [4.78, 5) is 12.1. The van der Waals surface area contributed by atoms with E-state index < -0.39 is 0 Å². The summed E-state index contributed by atoms with van der Waals surface area (Å²) in [5.74, 6) is 0. The lowest BCUT2D eigenvalue weighted by atomic mass is 10.1. The van der Waals surface area contributed by atoms with E-state index in [9.17, 15) is 4.79 Å². The maximum atomic E-state index is 12.1. The summed E-state index contributed by atoms with van der Waals surface area (Å²) in [5.41, 5.74) is 2.92. The lowest BCUT2D eigenvalue weighted by Gasteiger charge is -2.19. The molecule has 1 aliphatic heterocycles. The summed E-state index contributed by atoms with van der Waals surface area (Å²) in [7, 11) is 1.87. The number of hydrogen-bond donors (Lipinski definition) is 2. The van der Waals surface area contributed by atoms with Gasteiger partial charge in [-0.15, -0.1) is 11.3 Å². The van der Waals surface area contributed by atoms with Gasteiger partial charge in [0.1, 0.15) is 6.10 Å². The number of ether oxygens (including phenoxy) is 1. The minimum atomic E-state index is -0.194. The van der Waals surface area contributed by atoms with Crippen LogP contribution >= 0.6 is 11.3 Å². The molecule has 7 heteroatoms. The van der Waals surface area contributed by atoms with Crippen LogP contribution in [-0.2, 0) is 11.8 Å². The summed E-state index contributed by atoms with van der Waals surface area (Å²) in [6.45, 7) is 2.62. The lowest BCUT2D eigenvalue weighted by Crippen LogP contribution is -2.39. The van der Waals surface area contributed by atoms with Crippen LogP contribution in [0.4, 0.5) is 10.5 Å². The summed E-state index contributed by atoms with van der Waals surface area (Å²) in [6.07, 6.45) is 4.38. The van der Waals surface area contributed by atoms with Crippen LogP contribution in [0.15, 0.2) is 23.2 Å². The highest BCUT2D eigenvalue weighted by Gasteiger charge is 2.31. The molecule has 2 N–H and O–H groups in total. The Labute approximate surface area is 127 Å². The molecular weight excluding hydrogens is 288 g/mol.